The number of halogens is 3. The van der Waals surface area contributed by atoms with Crippen molar-refractivity contribution in [1.82, 2.24) is 4.90 Å². The molecule has 1 aromatic rings. The minimum Gasteiger partial charge on any atom is -0.338 e. The number of likely N-dealkylation sites (tertiary alicyclic amines) is 1. The van der Waals surface area contributed by atoms with E-state index in [0.717, 1.165) is 17.3 Å². The lowest BCUT2D eigenvalue weighted by Crippen LogP contribution is -2.42. The molecule has 0 aliphatic carbocycles. The number of piperidine rings is 1. The molecule has 0 radical (unpaired) electrons. The highest BCUT2D eigenvalue weighted by molar-refractivity contribution is 9.10. The van der Waals surface area contributed by atoms with Gasteiger partial charge in [-0.25, -0.2) is 0 Å². The van der Waals surface area contributed by atoms with E-state index in [2.05, 4.69) is 15.9 Å². The van der Waals surface area contributed by atoms with Crippen molar-refractivity contribution in [1.29, 1.82) is 0 Å². The van der Waals surface area contributed by atoms with Gasteiger partial charge < -0.3 is 10.6 Å². The maximum Gasteiger partial charge on any atom is 0.255 e. The van der Waals surface area contributed by atoms with Gasteiger partial charge in [0.15, 0.2) is 0 Å². The predicted octanol–water partition coefficient (Wildman–Crippen LogP) is 3.09. The first-order valence-corrected chi connectivity index (χ1v) is 6.75. The number of carbonyl (C=O) groups excluding carboxylic acids is 1. The number of carbonyl (C=O) groups is 1. The van der Waals surface area contributed by atoms with E-state index in [1.807, 2.05) is 17.0 Å². The zero-order chi connectivity index (χ0) is 12.4. The predicted molar refractivity (Wildman–Crippen MR) is 79.5 cm³/mol. The number of hydrogen-bond donors (Lipinski definition) is 1. The lowest BCUT2D eigenvalue weighted by molar-refractivity contribution is 0.0715. The van der Waals surface area contributed by atoms with E-state index in [4.69, 9.17) is 17.3 Å². The molecule has 0 saturated carbocycles. The minimum absolute atomic E-state index is 0. The van der Waals surface area contributed by atoms with E-state index in [0.29, 0.717) is 23.7 Å². The number of rotatable bonds is 1. The maximum atomic E-state index is 12.3. The molecule has 2 N–H and O–H groups in total. The Balaban J connectivity index is 0.00000162. The van der Waals surface area contributed by atoms with Crippen molar-refractivity contribution < 1.29 is 4.79 Å². The van der Waals surface area contributed by atoms with Gasteiger partial charge in [0.05, 0.1) is 10.6 Å². The largest absolute Gasteiger partial charge is 0.338 e. The smallest absolute Gasteiger partial charge is 0.255 e. The van der Waals surface area contributed by atoms with Crippen molar-refractivity contribution in [3.63, 3.8) is 0 Å². The molecule has 0 bridgehead atoms. The van der Waals surface area contributed by atoms with Gasteiger partial charge in [-0.05, 0) is 40.9 Å². The second-order valence-electron chi connectivity index (χ2n) is 4.23. The first-order valence-electron chi connectivity index (χ1n) is 5.58. The van der Waals surface area contributed by atoms with Crippen molar-refractivity contribution in [3.8, 4) is 0 Å². The molecule has 1 aromatic carbocycles. The van der Waals surface area contributed by atoms with Crippen LogP contribution in [0.2, 0.25) is 5.02 Å². The Hall–Kier alpha value is -0.290. The van der Waals surface area contributed by atoms with Gasteiger partial charge in [0, 0.05) is 23.6 Å². The standard InChI is InChI=1S/C12H14BrClN2O.ClH/c13-10-3-1-2-9(11(10)14)12(17)16-6-4-8(15)5-7-16;/h1-3,8H,4-7,15H2;1H. The Kier molecular flexibility index (Phi) is 5.92. The van der Waals surface area contributed by atoms with Gasteiger partial charge in [-0.2, -0.15) is 0 Å². The van der Waals surface area contributed by atoms with Crippen molar-refractivity contribution >= 4 is 45.8 Å². The highest BCUT2D eigenvalue weighted by Gasteiger charge is 2.23. The molecule has 0 aromatic heterocycles. The molecule has 6 heteroatoms. The van der Waals surface area contributed by atoms with Gasteiger partial charge in [-0.15, -0.1) is 12.4 Å². The number of nitrogens with two attached hydrogens (primary N) is 1. The average molecular weight is 354 g/mol. The average Bonchev–Trinajstić information content (AvgIpc) is 2.33. The van der Waals surface area contributed by atoms with Crippen LogP contribution in [0.4, 0.5) is 0 Å². The van der Waals surface area contributed by atoms with E-state index in [-0.39, 0.29) is 24.4 Å². The molecule has 0 atom stereocenters. The van der Waals surface area contributed by atoms with Crippen LogP contribution in [0.1, 0.15) is 23.2 Å². The van der Waals surface area contributed by atoms with Gasteiger partial charge in [0.2, 0.25) is 0 Å². The summed E-state index contributed by atoms with van der Waals surface area (Å²) in [7, 11) is 0. The third-order valence-electron chi connectivity index (χ3n) is 3.01. The normalized spacial score (nSPS) is 16.3. The first-order chi connectivity index (χ1) is 8.09. The quantitative estimate of drug-likeness (QED) is 0.843. The summed E-state index contributed by atoms with van der Waals surface area (Å²) >= 11 is 9.44. The number of hydrogen-bond acceptors (Lipinski definition) is 2. The molecule has 0 unspecified atom stereocenters. The fourth-order valence-electron chi connectivity index (χ4n) is 1.94. The van der Waals surface area contributed by atoms with Gasteiger partial charge in [-0.3, -0.25) is 4.79 Å². The lowest BCUT2D eigenvalue weighted by atomic mass is 10.0. The van der Waals surface area contributed by atoms with Crippen LogP contribution in [0.25, 0.3) is 0 Å². The van der Waals surface area contributed by atoms with E-state index < -0.39 is 0 Å². The molecule has 0 spiro atoms. The van der Waals surface area contributed by atoms with Crippen LogP contribution >= 0.6 is 39.9 Å². The lowest BCUT2D eigenvalue weighted by Gasteiger charge is -2.30. The zero-order valence-corrected chi connectivity index (χ0v) is 12.9. The third-order valence-corrected chi connectivity index (χ3v) is 4.31. The fraction of sp³-hybridized carbons (Fsp3) is 0.417. The Morgan fingerprint density at radius 1 is 1.39 bits per heavy atom. The van der Waals surface area contributed by atoms with Gasteiger partial charge in [0.1, 0.15) is 0 Å². The Bertz CT molecular complexity index is 434. The van der Waals surface area contributed by atoms with Gasteiger partial charge in [-0.1, -0.05) is 17.7 Å². The van der Waals surface area contributed by atoms with Crippen LogP contribution in [0.15, 0.2) is 22.7 Å². The molecule has 18 heavy (non-hydrogen) atoms. The Morgan fingerprint density at radius 2 is 2.00 bits per heavy atom. The minimum atomic E-state index is -0.0109. The topological polar surface area (TPSA) is 46.3 Å². The Morgan fingerprint density at radius 3 is 2.61 bits per heavy atom. The second-order valence-corrected chi connectivity index (χ2v) is 5.46. The number of amides is 1. The molecule has 100 valence electrons. The van der Waals surface area contributed by atoms with E-state index in [1.54, 1.807) is 6.07 Å². The molecule has 1 heterocycles. The summed E-state index contributed by atoms with van der Waals surface area (Å²) in [5.41, 5.74) is 6.37. The van der Waals surface area contributed by atoms with Crippen molar-refractivity contribution in [3.05, 3.63) is 33.3 Å². The summed E-state index contributed by atoms with van der Waals surface area (Å²) in [6, 6.07) is 5.62. The summed E-state index contributed by atoms with van der Waals surface area (Å²) in [6.45, 7) is 1.42. The molecular weight excluding hydrogens is 339 g/mol. The van der Waals surface area contributed by atoms with Crippen molar-refractivity contribution in [2.75, 3.05) is 13.1 Å². The van der Waals surface area contributed by atoms with Crippen LogP contribution < -0.4 is 5.73 Å². The van der Waals surface area contributed by atoms with Gasteiger partial charge >= 0.3 is 0 Å². The monoisotopic (exact) mass is 352 g/mol. The SMILES string of the molecule is Cl.NC1CCN(C(=O)c2cccc(Br)c2Cl)CC1. The maximum absolute atomic E-state index is 12.3. The van der Waals surface area contributed by atoms with Crippen LogP contribution in [0.5, 0.6) is 0 Å². The zero-order valence-electron chi connectivity index (χ0n) is 9.73. The van der Waals surface area contributed by atoms with Crippen molar-refractivity contribution in [2.24, 2.45) is 5.73 Å². The number of benzene rings is 1. The van der Waals surface area contributed by atoms with Crippen LogP contribution in [-0.4, -0.2) is 29.9 Å². The molecule has 1 amide bonds. The van der Waals surface area contributed by atoms with Gasteiger partial charge in [0.25, 0.3) is 5.91 Å². The second kappa shape index (κ2) is 6.75. The van der Waals surface area contributed by atoms with Crippen LogP contribution in [0, 0.1) is 0 Å². The van der Waals surface area contributed by atoms with Crippen molar-refractivity contribution in [2.45, 2.75) is 18.9 Å². The first kappa shape index (κ1) is 15.8. The molecule has 1 aliphatic rings. The summed E-state index contributed by atoms with van der Waals surface area (Å²) < 4.78 is 0.749. The highest BCUT2D eigenvalue weighted by atomic mass is 79.9. The summed E-state index contributed by atoms with van der Waals surface area (Å²) in [6.07, 6.45) is 1.72. The highest BCUT2D eigenvalue weighted by Crippen LogP contribution is 2.27. The molecular formula is C12H15BrCl2N2O. The summed E-state index contributed by atoms with van der Waals surface area (Å²) in [5.74, 6) is -0.0109. The van der Waals surface area contributed by atoms with E-state index >= 15 is 0 Å². The molecule has 1 aliphatic heterocycles. The fourth-order valence-corrected chi connectivity index (χ4v) is 2.51. The van der Waals surface area contributed by atoms with E-state index in [1.165, 1.54) is 0 Å². The Labute approximate surface area is 126 Å². The van der Waals surface area contributed by atoms with Crippen LogP contribution in [-0.2, 0) is 0 Å². The summed E-state index contributed by atoms with van der Waals surface area (Å²) in [5, 5.41) is 0.479. The third kappa shape index (κ3) is 3.38. The molecule has 2 rings (SSSR count). The molecule has 1 saturated heterocycles. The number of nitrogens with zero attached hydrogens (tertiary/aromatic N) is 1. The molecule has 1 fully saturated rings. The summed E-state index contributed by atoms with van der Waals surface area (Å²) in [4.78, 5) is 14.1. The van der Waals surface area contributed by atoms with E-state index in [9.17, 15) is 4.79 Å². The van der Waals surface area contributed by atoms with Crippen LogP contribution in [0.3, 0.4) is 0 Å². The molecule has 3 nitrogen and oxygen atoms in total.